The van der Waals surface area contributed by atoms with Crippen LogP contribution < -0.4 is 0 Å². The predicted octanol–water partition coefficient (Wildman–Crippen LogP) is -0.550. The number of carboxylic acid groups (broad SMARTS) is 1. The zero-order valence-electron chi connectivity index (χ0n) is 3.88. The Morgan fingerprint density at radius 1 is 2.00 bits per heavy atom. The first-order valence-electron chi connectivity index (χ1n) is 1.64. The van der Waals surface area contributed by atoms with E-state index in [0.717, 1.165) is 0 Å². The van der Waals surface area contributed by atoms with E-state index in [1.54, 1.807) is 0 Å². The van der Waals surface area contributed by atoms with Gasteiger partial charge < -0.3 is 9.66 Å². The molecule has 7 heavy (non-hydrogen) atoms. The topological polar surface area (TPSA) is 60.4 Å². The minimum atomic E-state index is -1.20. The van der Waals surface area contributed by atoms with Crippen molar-refractivity contribution < 1.29 is 14.5 Å². The molecule has 0 saturated heterocycles. The fourth-order valence-electron chi connectivity index (χ4n) is 0.174. The number of aliphatic carboxylic acids is 1. The van der Waals surface area contributed by atoms with Gasteiger partial charge in [0, 0.05) is 0 Å². The quantitative estimate of drug-likeness (QED) is 0.500. The first kappa shape index (κ1) is 6.78. The highest BCUT2D eigenvalue weighted by Crippen LogP contribution is 1.79. The molecule has 3 nitrogen and oxygen atoms in total. The summed E-state index contributed by atoms with van der Waals surface area (Å²) in [5, 5.41) is 7.89. The third-order valence-electron chi connectivity index (χ3n) is 0.327. The summed E-state index contributed by atoms with van der Waals surface area (Å²) in [6, 6.07) is 0. The Labute approximate surface area is 44.5 Å². The van der Waals surface area contributed by atoms with Gasteiger partial charge in [0.1, 0.15) is 0 Å². The lowest BCUT2D eigenvalue weighted by Gasteiger charge is -1.97. The second kappa shape index (κ2) is 2.87. The van der Waals surface area contributed by atoms with Gasteiger partial charge in [-0.25, -0.2) is 4.79 Å². The van der Waals surface area contributed by atoms with E-state index in [1.165, 1.54) is 6.26 Å². The van der Waals surface area contributed by atoms with Gasteiger partial charge >= 0.3 is 5.97 Å². The summed E-state index contributed by atoms with van der Waals surface area (Å²) in [4.78, 5) is 9.62. The molecular weight excluding hydrogens is 116 g/mol. The normalized spacial score (nSPS) is 13.4. The Balaban J connectivity index is 3.13. The Morgan fingerprint density at radius 2 is 2.43 bits per heavy atom. The molecule has 0 aliphatic rings. The Kier molecular flexibility index (Phi) is 2.78. The van der Waals surface area contributed by atoms with Gasteiger partial charge in [0.15, 0.2) is 0 Å². The molecule has 0 aromatic heterocycles. The highest BCUT2D eigenvalue weighted by Gasteiger charge is 2.02. The minimum Gasteiger partial charge on any atom is -0.616 e. The Bertz CT molecular complexity index is 70.6. The van der Waals surface area contributed by atoms with Crippen LogP contribution >= 0.6 is 0 Å². The van der Waals surface area contributed by atoms with Crippen LogP contribution in [0.2, 0.25) is 0 Å². The van der Waals surface area contributed by atoms with Gasteiger partial charge in [0.05, 0.1) is 6.26 Å². The smallest absolute Gasteiger partial charge is 0.353 e. The molecule has 1 unspecified atom stereocenters. The third kappa shape index (κ3) is 5.78. The Hall–Kier alpha value is -0.220. The van der Waals surface area contributed by atoms with Gasteiger partial charge in [0.25, 0.3) is 0 Å². The molecule has 1 atom stereocenters. The van der Waals surface area contributed by atoms with Crippen molar-refractivity contribution in [1.29, 1.82) is 0 Å². The standard InChI is InChI=1S/C3H6O3S/c1-7(6)2-3(4)5/h2H2,1H3,(H,4,5). The zero-order valence-corrected chi connectivity index (χ0v) is 4.70. The van der Waals surface area contributed by atoms with Crippen LogP contribution in [0, 0.1) is 0 Å². The van der Waals surface area contributed by atoms with Crippen LogP contribution in [0.25, 0.3) is 0 Å². The maximum absolute atomic E-state index is 9.98. The highest BCUT2D eigenvalue weighted by molar-refractivity contribution is 7.91. The van der Waals surface area contributed by atoms with Gasteiger partial charge in [-0.1, -0.05) is 0 Å². The lowest BCUT2D eigenvalue weighted by Crippen LogP contribution is -2.12. The number of rotatable bonds is 2. The van der Waals surface area contributed by atoms with E-state index in [9.17, 15) is 9.35 Å². The van der Waals surface area contributed by atoms with Crippen molar-refractivity contribution in [1.82, 2.24) is 0 Å². The van der Waals surface area contributed by atoms with Crippen LogP contribution in [0.15, 0.2) is 0 Å². The van der Waals surface area contributed by atoms with Crippen molar-refractivity contribution in [3.63, 3.8) is 0 Å². The van der Waals surface area contributed by atoms with E-state index in [0.29, 0.717) is 0 Å². The molecule has 0 bridgehead atoms. The van der Waals surface area contributed by atoms with Crippen molar-refractivity contribution in [2.24, 2.45) is 0 Å². The van der Waals surface area contributed by atoms with Gasteiger partial charge in [-0.15, -0.1) is 0 Å². The summed E-state index contributed by atoms with van der Waals surface area (Å²) in [5.41, 5.74) is 0. The van der Waals surface area contributed by atoms with Crippen molar-refractivity contribution >= 4 is 17.1 Å². The summed E-state index contributed by atoms with van der Waals surface area (Å²) < 4.78 is 9.98. The van der Waals surface area contributed by atoms with Crippen molar-refractivity contribution in [2.75, 3.05) is 12.0 Å². The molecular formula is C3H6O3S. The van der Waals surface area contributed by atoms with Crippen LogP contribution in [-0.2, 0) is 16.0 Å². The van der Waals surface area contributed by atoms with Crippen LogP contribution in [0.5, 0.6) is 0 Å². The maximum Gasteiger partial charge on any atom is 0.353 e. The molecule has 0 aromatic rings. The predicted molar refractivity (Wildman–Crippen MR) is 26.6 cm³/mol. The molecule has 0 saturated carbocycles. The molecule has 0 aliphatic heterocycles. The molecule has 0 fully saturated rings. The van der Waals surface area contributed by atoms with E-state index < -0.39 is 17.1 Å². The molecule has 0 rings (SSSR count). The van der Waals surface area contributed by atoms with Crippen LogP contribution in [0.4, 0.5) is 0 Å². The van der Waals surface area contributed by atoms with E-state index in [1.807, 2.05) is 0 Å². The second-order valence-corrected chi connectivity index (χ2v) is 2.55. The Morgan fingerprint density at radius 3 is 2.43 bits per heavy atom. The zero-order chi connectivity index (χ0) is 5.86. The molecule has 42 valence electrons. The summed E-state index contributed by atoms with van der Waals surface area (Å²) in [6.45, 7) is 0. The molecule has 0 amide bonds. The monoisotopic (exact) mass is 122 g/mol. The molecule has 0 aliphatic carbocycles. The van der Waals surface area contributed by atoms with E-state index in [2.05, 4.69) is 0 Å². The van der Waals surface area contributed by atoms with E-state index in [4.69, 9.17) is 5.11 Å². The van der Waals surface area contributed by atoms with E-state index in [-0.39, 0.29) is 5.75 Å². The fourth-order valence-corrected chi connectivity index (χ4v) is 0.522. The first-order chi connectivity index (χ1) is 3.13. The number of carboxylic acids is 1. The largest absolute Gasteiger partial charge is 0.616 e. The average molecular weight is 122 g/mol. The van der Waals surface area contributed by atoms with Gasteiger partial charge in [-0.2, -0.15) is 0 Å². The van der Waals surface area contributed by atoms with Crippen molar-refractivity contribution in [3.05, 3.63) is 0 Å². The second-order valence-electron chi connectivity index (χ2n) is 1.11. The lowest BCUT2D eigenvalue weighted by atomic mass is 10.8. The average Bonchev–Trinajstić information content (AvgIpc) is 1.27. The maximum atomic E-state index is 9.98. The summed E-state index contributed by atoms with van der Waals surface area (Å²) in [7, 11) is 0. The molecule has 1 N–H and O–H groups in total. The SMILES string of the molecule is C[S+]([O-])CC(=O)O. The van der Waals surface area contributed by atoms with Crippen LogP contribution in [-0.4, -0.2) is 27.6 Å². The summed E-state index contributed by atoms with van der Waals surface area (Å²) >= 11 is -1.20. The van der Waals surface area contributed by atoms with Crippen LogP contribution in [0.1, 0.15) is 0 Å². The summed E-state index contributed by atoms with van der Waals surface area (Å²) in [5.74, 6) is -1.26. The molecule has 0 spiro atoms. The van der Waals surface area contributed by atoms with Gasteiger partial charge in [-0.05, 0) is 11.2 Å². The third-order valence-corrected chi connectivity index (χ3v) is 0.980. The van der Waals surface area contributed by atoms with Crippen LogP contribution in [0.3, 0.4) is 0 Å². The number of hydrogen-bond donors (Lipinski definition) is 1. The highest BCUT2D eigenvalue weighted by atomic mass is 32.2. The molecule has 0 aromatic carbocycles. The van der Waals surface area contributed by atoms with Gasteiger partial charge in [0.2, 0.25) is 5.75 Å². The minimum absolute atomic E-state index is 0.250. The molecule has 4 heteroatoms. The number of hydrogen-bond acceptors (Lipinski definition) is 2. The lowest BCUT2D eigenvalue weighted by molar-refractivity contribution is -0.134. The van der Waals surface area contributed by atoms with Crippen molar-refractivity contribution in [3.8, 4) is 0 Å². The van der Waals surface area contributed by atoms with E-state index >= 15 is 0 Å². The van der Waals surface area contributed by atoms with Crippen molar-refractivity contribution in [2.45, 2.75) is 0 Å². The molecule has 0 heterocycles. The fraction of sp³-hybridized carbons (Fsp3) is 0.667. The number of carbonyl (C=O) groups is 1. The van der Waals surface area contributed by atoms with Gasteiger partial charge in [-0.3, -0.25) is 0 Å². The molecule has 0 radical (unpaired) electrons. The first-order valence-corrected chi connectivity index (χ1v) is 3.37. The summed E-state index contributed by atoms with van der Waals surface area (Å²) in [6.07, 6.45) is 1.36.